The van der Waals surface area contributed by atoms with Gasteiger partial charge in [-0.3, -0.25) is 0 Å². The minimum atomic E-state index is -0.622. The molecule has 3 unspecified atom stereocenters. The van der Waals surface area contributed by atoms with Crippen molar-refractivity contribution in [2.75, 3.05) is 0 Å². The molecule has 1 rings (SSSR count). The smallest absolute Gasteiger partial charge is 0.247 e. The van der Waals surface area contributed by atoms with Crippen LogP contribution in [0.25, 0.3) is 0 Å². The third kappa shape index (κ3) is 7.55. The molecule has 0 aliphatic heterocycles. The number of aromatic nitrogens is 3. The van der Waals surface area contributed by atoms with Crippen LogP contribution in [0.2, 0.25) is 0 Å². The molecule has 0 saturated heterocycles. The molecule has 1 aromatic heterocycles. The second-order valence-electron chi connectivity index (χ2n) is 7.89. The molecule has 174 valence electrons. The SMILES string of the molecule is CCCCCC(S)n1c(=O)n(C(S)CCCCC)c(=O)n(C(S)CCCCC)c1=O. The van der Waals surface area contributed by atoms with Crippen LogP contribution in [0, 0.1) is 0 Å². The maximum absolute atomic E-state index is 13.2. The Labute approximate surface area is 196 Å². The first-order chi connectivity index (χ1) is 14.3. The highest BCUT2D eigenvalue weighted by Crippen LogP contribution is 2.21. The highest BCUT2D eigenvalue weighted by atomic mass is 32.1. The highest BCUT2D eigenvalue weighted by molar-refractivity contribution is 7.80. The summed E-state index contributed by atoms with van der Waals surface area (Å²) >= 11 is 13.7. The van der Waals surface area contributed by atoms with Crippen LogP contribution < -0.4 is 17.1 Å². The van der Waals surface area contributed by atoms with E-state index in [1.807, 2.05) is 0 Å². The van der Waals surface area contributed by atoms with Gasteiger partial charge in [0.2, 0.25) is 0 Å². The van der Waals surface area contributed by atoms with Gasteiger partial charge in [0.1, 0.15) is 0 Å². The van der Waals surface area contributed by atoms with E-state index >= 15 is 0 Å². The summed E-state index contributed by atoms with van der Waals surface area (Å²) in [5.41, 5.74) is -1.87. The highest BCUT2D eigenvalue weighted by Gasteiger charge is 2.25. The van der Waals surface area contributed by atoms with Gasteiger partial charge in [-0.15, -0.1) is 0 Å². The van der Waals surface area contributed by atoms with Crippen molar-refractivity contribution in [2.45, 2.75) is 114 Å². The molecule has 0 N–H and O–H groups in total. The van der Waals surface area contributed by atoms with Crippen molar-refractivity contribution >= 4 is 37.9 Å². The average Bonchev–Trinajstić information content (AvgIpc) is 2.68. The van der Waals surface area contributed by atoms with Crippen molar-refractivity contribution in [3.05, 3.63) is 31.5 Å². The van der Waals surface area contributed by atoms with E-state index in [9.17, 15) is 14.4 Å². The van der Waals surface area contributed by atoms with Crippen LogP contribution in [0.5, 0.6) is 0 Å². The quantitative estimate of drug-likeness (QED) is 0.240. The number of unbranched alkanes of at least 4 members (excludes halogenated alkanes) is 6. The number of hydrogen-bond acceptors (Lipinski definition) is 6. The standard InChI is InChI=1S/C21H39N3O3S3/c1-4-7-10-13-16(28)22-19(25)23(17(29)14-11-8-5-2)21(27)24(20(22)26)18(30)15-12-9-6-3/h16-18,28-30H,4-15H2,1-3H3. The first-order valence-corrected chi connectivity index (χ1v) is 12.9. The molecule has 9 heteroatoms. The molecule has 0 aliphatic rings. The first kappa shape index (κ1) is 27.5. The summed E-state index contributed by atoms with van der Waals surface area (Å²) in [5.74, 6) is 0. The first-order valence-electron chi connectivity index (χ1n) is 11.3. The third-order valence-electron chi connectivity index (χ3n) is 5.33. The summed E-state index contributed by atoms with van der Waals surface area (Å²) in [6.45, 7) is 6.28. The molecule has 0 saturated carbocycles. The fourth-order valence-corrected chi connectivity index (χ4v) is 4.62. The number of hydrogen-bond donors (Lipinski definition) is 3. The van der Waals surface area contributed by atoms with Crippen molar-refractivity contribution in [1.82, 2.24) is 13.7 Å². The van der Waals surface area contributed by atoms with Crippen molar-refractivity contribution in [3.8, 4) is 0 Å². The molecule has 0 fully saturated rings. The van der Waals surface area contributed by atoms with Crippen molar-refractivity contribution < 1.29 is 0 Å². The molecule has 0 aliphatic carbocycles. The van der Waals surface area contributed by atoms with E-state index in [1.165, 1.54) is 0 Å². The van der Waals surface area contributed by atoms with Crippen molar-refractivity contribution in [3.63, 3.8) is 0 Å². The maximum Gasteiger partial charge on any atom is 0.338 e. The normalized spacial score (nSPS) is 14.6. The Morgan fingerprint density at radius 1 is 0.533 bits per heavy atom. The summed E-state index contributed by atoms with van der Waals surface area (Å²) in [6, 6.07) is 0. The summed E-state index contributed by atoms with van der Waals surface area (Å²) < 4.78 is 3.35. The average molecular weight is 478 g/mol. The van der Waals surface area contributed by atoms with Crippen LogP contribution in [-0.2, 0) is 0 Å². The molecule has 0 bridgehead atoms. The lowest BCUT2D eigenvalue weighted by Crippen LogP contribution is -2.56. The molecular weight excluding hydrogens is 438 g/mol. The zero-order valence-electron chi connectivity index (χ0n) is 18.6. The molecule has 0 aromatic carbocycles. The van der Waals surface area contributed by atoms with Crippen molar-refractivity contribution in [2.24, 2.45) is 0 Å². The molecule has 0 radical (unpaired) electrons. The molecule has 1 aromatic rings. The number of rotatable bonds is 15. The zero-order chi connectivity index (χ0) is 22.7. The molecular formula is C21H39N3O3S3. The predicted octanol–water partition coefficient (Wildman–Crippen LogP) is 5.20. The van der Waals surface area contributed by atoms with Gasteiger partial charge in [0.15, 0.2) is 0 Å². The van der Waals surface area contributed by atoms with Gasteiger partial charge >= 0.3 is 17.1 Å². The maximum atomic E-state index is 13.2. The van der Waals surface area contributed by atoms with Gasteiger partial charge < -0.3 is 0 Å². The lowest BCUT2D eigenvalue weighted by molar-refractivity contribution is 0.404. The van der Waals surface area contributed by atoms with Crippen molar-refractivity contribution in [1.29, 1.82) is 0 Å². The Kier molecular flexibility index (Phi) is 13.3. The van der Waals surface area contributed by atoms with E-state index in [1.54, 1.807) is 0 Å². The third-order valence-corrected chi connectivity index (χ3v) is 6.80. The van der Waals surface area contributed by atoms with Crippen LogP contribution in [0.15, 0.2) is 14.4 Å². The minimum Gasteiger partial charge on any atom is -0.247 e. The monoisotopic (exact) mass is 477 g/mol. The van der Waals surface area contributed by atoms with Crippen LogP contribution >= 0.6 is 37.9 Å². The summed E-state index contributed by atoms with van der Waals surface area (Å²) in [4.78, 5) is 39.6. The van der Waals surface area contributed by atoms with E-state index in [0.29, 0.717) is 19.3 Å². The van der Waals surface area contributed by atoms with E-state index < -0.39 is 33.2 Å². The van der Waals surface area contributed by atoms with Gasteiger partial charge in [0.05, 0.1) is 16.1 Å². The fraction of sp³-hybridized carbons (Fsp3) is 0.857. The number of nitrogens with zero attached hydrogens (tertiary/aromatic N) is 3. The van der Waals surface area contributed by atoms with Crippen LogP contribution in [0.3, 0.4) is 0 Å². The topological polar surface area (TPSA) is 66.0 Å². The van der Waals surface area contributed by atoms with Gasteiger partial charge in [0, 0.05) is 0 Å². The largest absolute Gasteiger partial charge is 0.338 e. The van der Waals surface area contributed by atoms with Crippen LogP contribution in [-0.4, -0.2) is 13.7 Å². The Morgan fingerprint density at radius 3 is 0.967 bits per heavy atom. The molecule has 3 atom stereocenters. The van der Waals surface area contributed by atoms with Crippen LogP contribution in [0.4, 0.5) is 0 Å². The number of thiol groups is 3. The Morgan fingerprint density at radius 2 is 0.767 bits per heavy atom. The van der Waals surface area contributed by atoms with Gasteiger partial charge in [0.25, 0.3) is 0 Å². The molecule has 30 heavy (non-hydrogen) atoms. The summed E-state index contributed by atoms with van der Waals surface area (Å²) in [6.07, 6.45) is 10.4. The Balaban J connectivity index is 3.46. The fourth-order valence-electron chi connectivity index (χ4n) is 3.48. The summed E-state index contributed by atoms with van der Waals surface area (Å²) in [7, 11) is 0. The van der Waals surface area contributed by atoms with E-state index in [2.05, 4.69) is 58.7 Å². The Bertz CT molecular complexity index is 668. The molecule has 6 nitrogen and oxygen atoms in total. The van der Waals surface area contributed by atoms with Crippen LogP contribution in [0.1, 0.15) is 114 Å². The van der Waals surface area contributed by atoms with Gasteiger partial charge in [-0.1, -0.05) is 78.6 Å². The van der Waals surface area contributed by atoms with E-state index in [0.717, 1.165) is 71.5 Å². The minimum absolute atomic E-state index is 0.581. The summed E-state index contributed by atoms with van der Waals surface area (Å²) in [5, 5.41) is -1.74. The predicted molar refractivity (Wildman–Crippen MR) is 136 cm³/mol. The second-order valence-corrected chi connectivity index (χ2v) is 9.68. The lowest BCUT2D eigenvalue weighted by atomic mass is 10.2. The lowest BCUT2D eigenvalue weighted by Gasteiger charge is -2.23. The van der Waals surface area contributed by atoms with E-state index in [-0.39, 0.29) is 0 Å². The molecule has 1 heterocycles. The molecule has 0 amide bonds. The second kappa shape index (κ2) is 14.5. The van der Waals surface area contributed by atoms with Gasteiger partial charge in [-0.2, -0.15) is 37.9 Å². The molecule has 0 spiro atoms. The van der Waals surface area contributed by atoms with Gasteiger partial charge in [-0.25, -0.2) is 28.1 Å². The zero-order valence-corrected chi connectivity index (χ0v) is 21.3. The van der Waals surface area contributed by atoms with Gasteiger partial charge in [-0.05, 0) is 19.3 Å². The Hall–Kier alpha value is -0.540. The van der Waals surface area contributed by atoms with E-state index in [4.69, 9.17) is 0 Å².